The van der Waals surface area contributed by atoms with E-state index < -0.39 is 5.97 Å². The molecule has 0 N–H and O–H groups in total. The van der Waals surface area contributed by atoms with Crippen molar-refractivity contribution in [3.05, 3.63) is 65.0 Å². The molecule has 0 fully saturated rings. The Labute approximate surface area is 181 Å². The van der Waals surface area contributed by atoms with Gasteiger partial charge in [-0.1, -0.05) is 26.0 Å². The number of carbonyl (C=O) groups excluding carboxylic acids is 1. The SMILES string of the molecule is CCOC(=O)c1n[n+]([O-])c(-c2ccc(OC)cc2)c(C(C)C)c1-c1ccc(OC)cc1. The summed E-state index contributed by atoms with van der Waals surface area (Å²) >= 11 is 0. The molecule has 1 heterocycles. The van der Waals surface area contributed by atoms with Crippen LogP contribution in [0.5, 0.6) is 11.5 Å². The summed E-state index contributed by atoms with van der Waals surface area (Å²) in [4.78, 5) is 13.3. The third-order valence-corrected chi connectivity index (χ3v) is 4.93. The van der Waals surface area contributed by atoms with E-state index in [0.717, 1.165) is 5.56 Å². The molecule has 162 valence electrons. The second-order valence-electron chi connectivity index (χ2n) is 7.19. The van der Waals surface area contributed by atoms with Gasteiger partial charge >= 0.3 is 5.97 Å². The van der Waals surface area contributed by atoms with E-state index >= 15 is 0 Å². The summed E-state index contributed by atoms with van der Waals surface area (Å²) in [5.41, 5.74) is 3.09. The Bertz CT molecular complexity index is 1060. The van der Waals surface area contributed by atoms with Gasteiger partial charge in [-0.2, -0.15) is 0 Å². The van der Waals surface area contributed by atoms with Crippen molar-refractivity contribution in [3.8, 4) is 33.9 Å². The number of rotatable bonds is 7. The molecule has 3 rings (SSSR count). The Balaban J connectivity index is 2.35. The second-order valence-corrected chi connectivity index (χ2v) is 7.19. The first-order chi connectivity index (χ1) is 14.9. The minimum absolute atomic E-state index is 0.0111. The van der Waals surface area contributed by atoms with Crippen LogP contribution in [0.2, 0.25) is 0 Å². The summed E-state index contributed by atoms with van der Waals surface area (Å²) in [6, 6.07) is 14.5. The van der Waals surface area contributed by atoms with Crippen LogP contribution >= 0.6 is 0 Å². The standard InChI is InChI=1S/C24H26N2O5/c1-6-31-24(27)22-21(16-7-11-18(29-4)12-8-16)20(15(2)3)23(26(28)25-22)17-9-13-19(30-5)14-10-17/h7-15H,6H2,1-5H3. The van der Waals surface area contributed by atoms with Crippen molar-refractivity contribution < 1.29 is 23.9 Å². The Morgan fingerprint density at radius 1 is 0.968 bits per heavy atom. The van der Waals surface area contributed by atoms with E-state index in [-0.39, 0.29) is 18.2 Å². The predicted molar refractivity (Wildman–Crippen MR) is 117 cm³/mol. The van der Waals surface area contributed by atoms with Crippen molar-refractivity contribution in [3.63, 3.8) is 0 Å². The highest BCUT2D eigenvalue weighted by molar-refractivity contribution is 5.97. The second kappa shape index (κ2) is 9.47. The molecule has 2 aromatic carbocycles. The lowest BCUT2D eigenvalue weighted by Crippen LogP contribution is -2.38. The van der Waals surface area contributed by atoms with Crippen LogP contribution in [-0.2, 0) is 4.74 Å². The molecular formula is C24H26N2O5. The first-order valence-electron chi connectivity index (χ1n) is 10.0. The molecule has 0 radical (unpaired) electrons. The van der Waals surface area contributed by atoms with Gasteiger partial charge in [0.2, 0.25) is 5.69 Å². The van der Waals surface area contributed by atoms with Gasteiger partial charge in [-0.3, -0.25) is 0 Å². The lowest BCUT2D eigenvalue weighted by molar-refractivity contribution is -0.658. The van der Waals surface area contributed by atoms with Crippen molar-refractivity contribution >= 4 is 5.97 Å². The minimum atomic E-state index is -0.638. The molecule has 31 heavy (non-hydrogen) atoms. The van der Waals surface area contributed by atoms with Gasteiger partial charge in [0.05, 0.1) is 26.4 Å². The van der Waals surface area contributed by atoms with E-state index in [2.05, 4.69) is 5.10 Å². The molecule has 1 aromatic heterocycles. The number of ether oxygens (including phenoxy) is 3. The highest BCUT2D eigenvalue weighted by atomic mass is 16.5. The van der Waals surface area contributed by atoms with Gasteiger partial charge in [-0.05, 0) is 59.6 Å². The maximum Gasteiger partial charge on any atom is 0.363 e. The largest absolute Gasteiger partial charge is 0.594 e. The fourth-order valence-electron chi connectivity index (χ4n) is 3.51. The summed E-state index contributed by atoms with van der Waals surface area (Å²) in [6.45, 7) is 5.85. The molecule has 0 aliphatic heterocycles. The lowest BCUT2D eigenvalue weighted by atomic mass is 9.88. The number of carbonyl (C=O) groups is 1. The molecule has 0 atom stereocenters. The highest BCUT2D eigenvalue weighted by Gasteiger charge is 2.31. The molecule has 7 nitrogen and oxygen atoms in total. The molecule has 0 amide bonds. The highest BCUT2D eigenvalue weighted by Crippen LogP contribution is 2.38. The van der Waals surface area contributed by atoms with Crippen LogP contribution in [0.1, 0.15) is 42.7 Å². The number of methoxy groups -OCH3 is 2. The van der Waals surface area contributed by atoms with Crippen LogP contribution in [0.4, 0.5) is 0 Å². The van der Waals surface area contributed by atoms with Crippen LogP contribution in [-0.4, -0.2) is 31.9 Å². The number of esters is 1. The van der Waals surface area contributed by atoms with Crippen LogP contribution in [0.25, 0.3) is 22.4 Å². The topological polar surface area (TPSA) is 84.6 Å². The average Bonchev–Trinajstić information content (AvgIpc) is 2.78. The molecule has 0 aliphatic carbocycles. The molecule has 0 bridgehead atoms. The summed E-state index contributed by atoms with van der Waals surface area (Å²) in [7, 11) is 3.17. The zero-order valence-corrected chi connectivity index (χ0v) is 18.3. The quantitative estimate of drug-likeness (QED) is 0.319. The molecule has 3 aromatic rings. The van der Waals surface area contributed by atoms with E-state index in [4.69, 9.17) is 14.2 Å². The Morgan fingerprint density at radius 2 is 1.48 bits per heavy atom. The Kier molecular flexibility index (Phi) is 6.74. The minimum Gasteiger partial charge on any atom is -0.594 e. The molecule has 0 spiro atoms. The van der Waals surface area contributed by atoms with Gasteiger partial charge in [0.1, 0.15) is 11.5 Å². The maximum absolute atomic E-state index is 13.1. The van der Waals surface area contributed by atoms with Crippen molar-refractivity contribution in [1.82, 2.24) is 5.10 Å². The lowest BCUT2D eigenvalue weighted by Gasteiger charge is -2.19. The van der Waals surface area contributed by atoms with Gasteiger partial charge < -0.3 is 19.4 Å². The molecular weight excluding hydrogens is 396 g/mol. The number of nitrogens with zero attached hydrogens (tertiary/aromatic N) is 2. The summed E-state index contributed by atoms with van der Waals surface area (Å²) in [6.07, 6.45) is 0. The smallest absolute Gasteiger partial charge is 0.363 e. The van der Waals surface area contributed by atoms with Gasteiger partial charge in [-0.25, -0.2) is 4.79 Å². The van der Waals surface area contributed by atoms with Crippen molar-refractivity contribution in [2.45, 2.75) is 26.7 Å². The van der Waals surface area contributed by atoms with Crippen molar-refractivity contribution in [2.24, 2.45) is 0 Å². The Hall–Kier alpha value is -3.61. The summed E-state index contributed by atoms with van der Waals surface area (Å²) < 4.78 is 15.7. The first-order valence-corrected chi connectivity index (χ1v) is 10.0. The monoisotopic (exact) mass is 422 g/mol. The van der Waals surface area contributed by atoms with E-state index in [1.807, 2.05) is 26.0 Å². The Morgan fingerprint density at radius 3 is 1.94 bits per heavy atom. The van der Waals surface area contributed by atoms with E-state index in [1.54, 1.807) is 57.5 Å². The van der Waals surface area contributed by atoms with E-state index in [9.17, 15) is 10.0 Å². The number of hydrogen-bond acceptors (Lipinski definition) is 6. The third-order valence-electron chi connectivity index (χ3n) is 4.93. The third kappa shape index (κ3) is 4.45. The zero-order chi connectivity index (χ0) is 22.5. The van der Waals surface area contributed by atoms with E-state index in [0.29, 0.717) is 38.7 Å². The van der Waals surface area contributed by atoms with Crippen LogP contribution in [0.15, 0.2) is 48.5 Å². The van der Waals surface area contributed by atoms with Gasteiger partial charge in [0, 0.05) is 16.2 Å². The molecule has 0 saturated heterocycles. The van der Waals surface area contributed by atoms with Crippen molar-refractivity contribution in [2.75, 3.05) is 20.8 Å². The maximum atomic E-state index is 13.1. The number of hydrogen-bond donors (Lipinski definition) is 0. The molecule has 7 heteroatoms. The van der Waals surface area contributed by atoms with E-state index in [1.165, 1.54) is 0 Å². The average molecular weight is 422 g/mol. The van der Waals surface area contributed by atoms with Crippen LogP contribution in [0, 0.1) is 5.21 Å². The predicted octanol–water partition coefficient (Wildman–Crippen LogP) is 4.37. The van der Waals surface area contributed by atoms with Gasteiger partial charge in [-0.15, -0.1) is 0 Å². The molecule has 0 aliphatic rings. The van der Waals surface area contributed by atoms with Crippen molar-refractivity contribution in [1.29, 1.82) is 0 Å². The first kappa shape index (κ1) is 22.1. The van der Waals surface area contributed by atoms with Gasteiger partial charge in [0.15, 0.2) is 0 Å². The zero-order valence-electron chi connectivity index (χ0n) is 18.3. The number of aromatic nitrogens is 2. The van der Waals surface area contributed by atoms with Crippen LogP contribution < -0.4 is 14.3 Å². The normalized spacial score (nSPS) is 10.8. The molecule has 0 saturated carbocycles. The summed E-state index contributed by atoms with van der Waals surface area (Å²) in [5, 5.41) is 17.2. The fraction of sp³-hybridized carbons (Fsp3) is 0.292. The van der Waals surface area contributed by atoms with Crippen LogP contribution in [0.3, 0.4) is 0 Å². The fourth-order valence-corrected chi connectivity index (χ4v) is 3.51. The van der Waals surface area contributed by atoms with Gasteiger partial charge in [0.25, 0.3) is 5.69 Å². The molecule has 0 unspecified atom stereocenters. The summed E-state index contributed by atoms with van der Waals surface area (Å²) in [5.74, 6) is 0.649. The number of benzene rings is 2.